The maximum Gasteiger partial charge on any atom is 0.0294 e. The molecule has 1 aliphatic rings. The Morgan fingerprint density at radius 2 is 1.59 bits per heavy atom. The van der Waals surface area contributed by atoms with Crippen molar-refractivity contribution >= 4 is 0 Å². The minimum atomic E-state index is 0.407. The summed E-state index contributed by atoms with van der Waals surface area (Å²) in [6.45, 7) is 14.8. The Morgan fingerprint density at radius 1 is 1.00 bits per heavy atom. The van der Waals surface area contributed by atoms with Crippen LogP contribution in [-0.2, 0) is 0 Å². The third-order valence-electron chi connectivity index (χ3n) is 5.37. The van der Waals surface area contributed by atoms with Gasteiger partial charge in [-0.15, -0.1) is 0 Å². The van der Waals surface area contributed by atoms with Crippen molar-refractivity contribution in [2.45, 2.75) is 66.3 Å². The fraction of sp³-hybridized carbons (Fsp3) is 0.524. The molecule has 22 heavy (non-hydrogen) atoms. The lowest BCUT2D eigenvalue weighted by Crippen LogP contribution is -2.21. The Morgan fingerprint density at radius 3 is 2.18 bits per heavy atom. The average Bonchev–Trinajstić information content (AvgIpc) is 2.71. The molecule has 2 rings (SSSR count). The smallest absolute Gasteiger partial charge is 0.0294 e. The van der Waals surface area contributed by atoms with Gasteiger partial charge in [-0.05, 0) is 69.9 Å². The van der Waals surface area contributed by atoms with E-state index in [0.717, 1.165) is 6.54 Å². The Kier molecular flexibility index (Phi) is 5.63. The van der Waals surface area contributed by atoms with Crippen LogP contribution in [0.3, 0.4) is 0 Å². The highest BCUT2D eigenvalue weighted by atomic mass is 14.9. The summed E-state index contributed by atoms with van der Waals surface area (Å²) in [5.41, 5.74) is 8.91. The quantitative estimate of drug-likeness (QED) is 0.644. The molecule has 0 heterocycles. The molecule has 0 aromatic heterocycles. The van der Waals surface area contributed by atoms with Gasteiger partial charge in [-0.3, -0.25) is 0 Å². The number of allylic oxidation sites excluding steroid dienone is 4. The topological polar surface area (TPSA) is 12.0 Å². The highest BCUT2D eigenvalue weighted by Crippen LogP contribution is 2.44. The number of hydrogen-bond acceptors (Lipinski definition) is 1. The molecule has 0 amide bonds. The third kappa shape index (κ3) is 3.20. The van der Waals surface area contributed by atoms with Crippen LogP contribution in [0.15, 0.2) is 46.6 Å². The molecule has 0 fully saturated rings. The summed E-state index contributed by atoms with van der Waals surface area (Å²) in [4.78, 5) is 0. The second-order valence-corrected chi connectivity index (χ2v) is 6.71. The summed E-state index contributed by atoms with van der Waals surface area (Å²) in [6, 6.07) is 9.37. The normalized spacial score (nSPS) is 17.5. The van der Waals surface area contributed by atoms with Gasteiger partial charge in [-0.1, -0.05) is 48.8 Å². The van der Waals surface area contributed by atoms with Crippen molar-refractivity contribution in [3.63, 3.8) is 0 Å². The lowest BCUT2D eigenvalue weighted by Gasteiger charge is -2.24. The summed E-state index contributed by atoms with van der Waals surface area (Å²) in [5.74, 6) is 0.464. The SMILES string of the molecule is CCCCNC(C)c1ccccc1C1C(C)=C(C)C(C)=C1C. The van der Waals surface area contributed by atoms with Crippen LogP contribution in [0.2, 0.25) is 0 Å². The van der Waals surface area contributed by atoms with E-state index in [0.29, 0.717) is 12.0 Å². The van der Waals surface area contributed by atoms with E-state index in [9.17, 15) is 0 Å². The van der Waals surface area contributed by atoms with E-state index in [1.807, 2.05) is 0 Å². The van der Waals surface area contributed by atoms with Gasteiger partial charge in [0.25, 0.3) is 0 Å². The van der Waals surface area contributed by atoms with Gasteiger partial charge in [0, 0.05) is 12.0 Å². The second kappa shape index (κ2) is 7.28. The molecule has 1 N–H and O–H groups in total. The molecule has 0 bridgehead atoms. The maximum atomic E-state index is 3.68. The van der Waals surface area contributed by atoms with Crippen LogP contribution < -0.4 is 5.32 Å². The van der Waals surface area contributed by atoms with Gasteiger partial charge in [0.2, 0.25) is 0 Å². The zero-order valence-corrected chi connectivity index (χ0v) is 15.1. The van der Waals surface area contributed by atoms with Gasteiger partial charge in [0.15, 0.2) is 0 Å². The molecule has 1 aliphatic carbocycles. The molecule has 120 valence electrons. The van der Waals surface area contributed by atoms with Crippen LogP contribution in [0.5, 0.6) is 0 Å². The molecule has 1 nitrogen and oxygen atoms in total. The van der Waals surface area contributed by atoms with E-state index >= 15 is 0 Å². The second-order valence-electron chi connectivity index (χ2n) is 6.71. The number of hydrogen-bond donors (Lipinski definition) is 1. The maximum absolute atomic E-state index is 3.68. The fourth-order valence-corrected chi connectivity index (χ4v) is 3.59. The molecular weight excluding hydrogens is 266 g/mol. The van der Waals surface area contributed by atoms with Gasteiger partial charge < -0.3 is 5.32 Å². The molecule has 0 radical (unpaired) electrons. The van der Waals surface area contributed by atoms with Crippen LogP contribution in [0, 0.1) is 0 Å². The van der Waals surface area contributed by atoms with Crippen LogP contribution in [0.1, 0.15) is 77.5 Å². The first kappa shape index (κ1) is 17.0. The lowest BCUT2D eigenvalue weighted by atomic mass is 9.84. The number of unbranched alkanes of at least 4 members (excludes halogenated alkanes) is 1. The molecule has 1 aromatic carbocycles. The molecule has 0 aliphatic heterocycles. The van der Waals surface area contributed by atoms with Crippen molar-refractivity contribution in [3.05, 3.63) is 57.7 Å². The van der Waals surface area contributed by atoms with Crippen molar-refractivity contribution in [1.82, 2.24) is 5.32 Å². The predicted molar refractivity (Wildman–Crippen MR) is 97.3 cm³/mol. The molecule has 1 heteroatoms. The molecule has 1 aromatic rings. The average molecular weight is 297 g/mol. The fourth-order valence-electron chi connectivity index (χ4n) is 3.59. The summed E-state index contributed by atoms with van der Waals surface area (Å²) >= 11 is 0. The van der Waals surface area contributed by atoms with Crippen molar-refractivity contribution in [2.75, 3.05) is 6.54 Å². The van der Waals surface area contributed by atoms with Gasteiger partial charge in [0.1, 0.15) is 0 Å². The van der Waals surface area contributed by atoms with Crippen LogP contribution >= 0.6 is 0 Å². The zero-order chi connectivity index (χ0) is 16.3. The predicted octanol–water partition coefficient (Wildman–Crippen LogP) is 5.91. The zero-order valence-electron chi connectivity index (χ0n) is 15.1. The first-order chi connectivity index (χ1) is 10.5. The molecule has 1 atom stereocenters. The first-order valence-electron chi connectivity index (χ1n) is 8.66. The Labute approximate surface area is 136 Å². The van der Waals surface area contributed by atoms with E-state index in [2.05, 4.69) is 71.1 Å². The number of nitrogens with one attached hydrogen (secondary N) is 1. The Bertz CT molecular complexity index is 568. The van der Waals surface area contributed by atoms with Crippen molar-refractivity contribution in [1.29, 1.82) is 0 Å². The van der Waals surface area contributed by atoms with Crippen LogP contribution in [0.25, 0.3) is 0 Å². The summed E-state index contributed by atoms with van der Waals surface area (Å²) in [7, 11) is 0. The third-order valence-corrected chi connectivity index (χ3v) is 5.37. The summed E-state index contributed by atoms with van der Waals surface area (Å²) < 4.78 is 0. The van der Waals surface area contributed by atoms with E-state index in [4.69, 9.17) is 0 Å². The van der Waals surface area contributed by atoms with Gasteiger partial charge in [-0.2, -0.15) is 0 Å². The standard InChI is InChI=1S/C21H31N/c1-7-8-13-22-18(6)19-11-9-10-12-20(19)21-16(4)14(2)15(3)17(21)5/h9-12,18,21-22H,7-8,13H2,1-6H3. The van der Waals surface area contributed by atoms with E-state index < -0.39 is 0 Å². The van der Waals surface area contributed by atoms with Crippen LogP contribution in [-0.4, -0.2) is 6.54 Å². The Hall–Kier alpha value is -1.34. The number of rotatable bonds is 6. The summed E-state index contributed by atoms with van der Waals surface area (Å²) in [5, 5.41) is 3.68. The molecular formula is C21H31N. The van der Waals surface area contributed by atoms with E-state index in [1.165, 1.54) is 46.3 Å². The number of benzene rings is 1. The van der Waals surface area contributed by atoms with E-state index in [-0.39, 0.29) is 0 Å². The molecule has 1 unspecified atom stereocenters. The van der Waals surface area contributed by atoms with E-state index in [1.54, 1.807) is 0 Å². The van der Waals surface area contributed by atoms with Gasteiger partial charge >= 0.3 is 0 Å². The van der Waals surface area contributed by atoms with Crippen molar-refractivity contribution < 1.29 is 0 Å². The van der Waals surface area contributed by atoms with Gasteiger partial charge in [0.05, 0.1) is 0 Å². The van der Waals surface area contributed by atoms with Gasteiger partial charge in [-0.25, -0.2) is 0 Å². The minimum absolute atomic E-state index is 0.407. The first-order valence-corrected chi connectivity index (χ1v) is 8.66. The molecule has 0 saturated carbocycles. The molecule has 0 saturated heterocycles. The van der Waals surface area contributed by atoms with Crippen molar-refractivity contribution in [3.8, 4) is 0 Å². The monoisotopic (exact) mass is 297 g/mol. The van der Waals surface area contributed by atoms with Crippen molar-refractivity contribution in [2.24, 2.45) is 0 Å². The lowest BCUT2D eigenvalue weighted by molar-refractivity contribution is 0.550. The summed E-state index contributed by atoms with van der Waals surface area (Å²) in [6.07, 6.45) is 2.48. The minimum Gasteiger partial charge on any atom is -0.310 e. The highest BCUT2D eigenvalue weighted by molar-refractivity contribution is 5.55. The largest absolute Gasteiger partial charge is 0.310 e. The molecule has 0 spiro atoms. The van der Waals surface area contributed by atoms with Crippen LogP contribution in [0.4, 0.5) is 0 Å². The highest BCUT2D eigenvalue weighted by Gasteiger charge is 2.28. The Balaban J connectivity index is 2.34.